The summed E-state index contributed by atoms with van der Waals surface area (Å²) in [6, 6.07) is 13.3. The van der Waals surface area contributed by atoms with Gasteiger partial charge in [-0.05, 0) is 54.6 Å². The van der Waals surface area contributed by atoms with Crippen molar-refractivity contribution in [3.8, 4) is 11.5 Å². The monoisotopic (exact) mass is 432 g/mol. The largest absolute Gasteiger partial charge is 0.491 e. The highest BCUT2D eigenvalue weighted by Crippen LogP contribution is 2.19. The van der Waals surface area contributed by atoms with Gasteiger partial charge in [-0.1, -0.05) is 11.7 Å². The summed E-state index contributed by atoms with van der Waals surface area (Å²) in [6.07, 6.45) is -0.948. The van der Waals surface area contributed by atoms with Crippen molar-refractivity contribution in [3.63, 3.8) is 0 Å². The first-order valence-corrected chi connectivity index (χ1v) is 9.47. The van der Waals surface area contributed by atoms with E-state index in [9.17, 15) is 24.6 Å². The third kappa shape index (κ3) is 7.72. The molecule has 9 heteroatoms. The van der Waals surface area contributed by atoms with Gasteiger partial charge in [0.15, 0.2) is 0 Å². The Hall–Kier alpha value is -3.43. The lowest BCUT2D eigenvalue weighted by atomic mass is 10.0. The summed E-state index contributed by atoms with van der Waals surface area (Å²) < 4.78 is 23.0. The van der Waals surface area contributed by atoms with Gasteiger partial charge in [-0.15, -0.1) is 0 Å². The maximum atomic E-state index is 12.3. The number of ether oxygens (including phenoxy) is 2. The van der Waals surface area contributed by atoms with E-state index in [1.807, 2.05) is 0 Å². The van der Waals surface area contributed by atoms with Crippen molar-refractivity contribution in [1.29, 1.82) is 0 Å². The molecule has 0 aromatic heterocycles. The molecule has 0 aliphatic carbocycles. The Balaban J connectivity index is 1.94. The number of carbonyl (C=O) groups is 1. The van der Waals surface area contributed by atoms with Crippen molar-refractivity contribution in [2.24, 2.45) is 5.16 Å². The number of hydrogen-bond acceptors (Lipinski definition) is 7. The first-order valence-electron chi connectivity index (χ1n) is 9.47. The van der Waals surface area contributed by atoms with Crippen molar-refractivity contribution in [3.05, 3.63) is 72.3 Å². The van der Waals surface area contributed by atoms with Crippen LogP contribution < -0.4 is 14.8 Å². The number of carbonyl (C=O) groups excluding carboxylic acids is 1. The SMILES string of the molecule is C=CC(=O)NCC(O)COc1ccc(/C(=N\O)c2ccc(OCC(O)CF)cc2)cc1. The summed E-state index contributed by atoms with van der Waals surface area (Å²) in [4.78, 5) is 11.1. The highest BCUT2D eigenvalue weighted by Gasteiger charge is 2.11. The molecule has 2 unspecified atom stereocenters. The molecule has 0 radical (unpaired) electrons. The number of nitrogens with zero attached hydrogens (tertiary/aromatic N) is 1. The van der Waals surface area contributed by atoms with E-state index in [0.29, 0.717) is 28.3 Å². The number of benzene rings is 2. The normalized spacial score (nSPS) is 13.2. The predicted octanol–water partition coefficient (Wildman–Crippen LogP) is 1.66. The van der Waals surface area contributed by atoms with E-state index in [1.54, 1.807) is 48.5 Å². The van der Waals surface area contributed by atoms with Crippen LogP contribution in [0.5, 0.6) is 11.5 Å². The third-order valence-electron chi connectivity index (χ3n) is 4.12. The smallest absolute Gasteiger partial charge is 0.243 e. The Morgan fingerprint density at radius 1 is 1.00 bits per heavy atom. The summed E-state index contributed by atoms with van der Waals surface area (Å²) in [5, 5.41) is 34.3. The van der Waals surface area contributed by atoms with E-state index < -0.39 is 18.9 Å². The number of nitrogens with one attached hydrogen (secondary N) is 1. The molecule has 31 heavy (non-hydrogen) atoms. The van der Waals surface area contributed by atoms with Crippen LogP contribution in [-0.2, 0) is 4.79 Å². The van der Waals surface area contributed by atoms with Crippen molar-refractivity contribution < 1.29 is 34.1 Å². The third-order valence-corrected chi connectivity index (χ3v) is 4.12. The average molecular weight is 432 g/mol. The van der Waals surface area contributed by atoms with Crippen LogP contribution in [0.25, 0.3) is 0 Å². The Morgan fingerprint density at radius 2 is 1.48 bits per heavy atom. The van der Waals surface area contributed by atoms with Crippen LogP contribution in [-0.4, -0.2) is 65.7 Å². The van der Waals surface area contributed by atoms with Gasteiger partial charge in [-0.2, -0.15) is 0 Å². The molecule has 166 valence electrons. The summed E-state index contributed by atoms with van der Waals surface area (Å²) in [5.74, 6) is 0.557. The van der Waals surface area contributed by atoms with Gasteiger partial charge in [0.25, 0.3) is 0 Å². The number of oxime groups is 1. The number of halogens is 1. The minimum absolute atomic E-state index is 0.0176. The van der Waals surface area contributed by atoms with Gasteiger partial charge < -0.3 is 30.2 Å². The molecular formula is C22H25FN2O6. The first-order chi connectivity index (χ1) is 15.0. The van der Waals surface area contributed by atoms with Crippen LogP contribution in [0.4, 0.5) is 4.39 Å². The van der Waals surface area contributed by atoms with Crippen molar-refractivity contribution in [2.75, 3.05) is 26.4 Å². The first kappa shape index (κ1) is 23.8. The Kier molecular flexibility index (Phi) is 9.47. The Bertz CT molecular complexity index is 871. The van der Waals surface area contributed by atoms with E-state index in [1.165, 1.54) is 0 Å². The second kappa shape index (κ2) is 12.3. The lowest BCUT2D eigenvalue weighted by Crippen LogP contribution is -2.34. The van der Waals surface area contributed by atoms with Gasteiger partial charge in [0.05, 0.1) is 0 Å². The van der Waals surface area contributed by atoms with Gasteiger partial charge >= 0.3 is 0 Å². The molecule has 0 aliphatic heterocycles. The second-order valence-corrected chi connectivity index (χ2v) is 6.53. The molecule has 0 bridgehead atoms. The molecule has 2 aromatic carbocycles. The van der Waals surface area contributed by atoms with E-state index in [0.717, 1.165) is 6.08 Å². The number of alkyl halides is 1. The standard InChI is InChI=1S/C22H25FN2O6/c1-2-21(28)24-12-18(27)14-31-20-9-5-16(6-10-20)22(25-29)15-3-7-19(8-4-15)30-13-17(26)11-23/h2-10,17-18,26-27,29H,1,11-14H2,(H,24,28)/b25-22-. The van der Waals surface area contributed by atoms with Gasteiger partial charge in [-0.25, -0.2) is 4.39 Å². The number of rotatable bonds is 12. The maximum absolute atomic E-state index is 12.3. The van der Waals surface area contributed by atoms with Gasteiger partial charge in [0, 0.05) is 17.7 Å². The van der Waals surface area contributed by atoms with Crippen LogP contribution in [0.3, 0.4) is 0 Å². The molecular weight excluding hydrogens is 407 g/mol. The fraction of sp³-hybridized carbons (Fsp3) is 0.273. The molecule has 2 rings (SSSR count). The predicted molar refractivity (Wildman–Crippen MR) is 112 cm³/mol. The number of aliphatic hydroxyl groups excluding tert-OH is 2. The lowest BCUT2D eigenvalue weighted by molar-refractivity contribution is -0.117. The van der Waals surface area contributed by atoms with E-state index in [2.05, 4.69) is 17.1 Å². The van der Waals surface area contributed by atoms with Crippen molar-refractivity contribution in [1.82, 2.24) is 5.32 Å². The Labute approximate surface area is 179 Å². The number of aliphatic hydroxyl groups is 2. The molecule has 1 amide bonds. The Morgan fingerprint density at radius 3 is 1.90 bits per heavy atom. The summed E-state index contributed by atoms with van der Waals surface area (Å²) in [7, 11) is 0. The average Bonchev–Trinajstić information content (AvgIpc) is 2.81. The van der Waals surface area contributed by atoms with Crippen molar-refractivity contribution >= 4 is 11.6 Å². The molecule has 8 nitrogen and oxygen atoms in total. The van der Waals surface area contributed by atoms with Crippen LogP contribution in [0.2, 0.25) is 0 Å². The molecule has 0 saturated heterocycles. The van der Waals surface area contributed by atoms with Crippen LogP contribution >= 0.6 is 0 Å². The zero-order valence-electron chi connectivity index (χ0n) is 16.8. The van der Waals surface area contributed by atoms with E-state index in [4.69, 9.17) is 9.47 Å². The van der Waals surface area contributed by atoms with Crippen LogP contribution in [0, 0.1) is 0 Å². The van der Waals surface area contributed by atoms with Crippen LogP contribution in [0.1, 0.15) is 11.1 Å². The quantitative estimate of drug-likeness (QED) is 0.175. The molecule has 0 spiro atoms. The van der Waals surface area contributed by atoms with E-state index in [-0.39, 0.29) is 25.7 Å². The van der Waals surface area contributed by atoms with Gasteiger partial charge in [0.1, 0.15) is 49.3 Å². The minimum atomic E-state index is -1.18. The zero-order chi connectivity index (χ0) is 22.6. The van der Waals surface area contributed by atoms with Crippen LogP contribution in [0.15, 0.2) is 66.3 Å². The summed E-state index contributed by atoms with van der Waals surface area (Å²) in [5.41, 5.74) is 1.55. The molecule has 0 fully saturated rings. The molecule has 2 atom stereocenters. The van der Waals surface area contributed by atoms with Gasteiger partial charge in [0.2, 0.25) is 5.91 Å². The minimum Gasteiger partial charge on any atom is -0.491 e. The van der Waals surface area contributed by atoms with Gasteiger partial charge in [-0.3, -0.25) is 4.79 Å². The fourth-order valence-electron chi connectivity index (χ4n) is 2.48. The maximum Gasteiger partial charge on any atom is 0.243 e. The molecule has 2 aromatic rings. The molecule has 0 saturated carbocycles. The number of hydrogen-bond donors (Lipinski definition) is 4. The summed E-state index contributed by atoms with van der Waals surface area (Å²) in [6.45, 7) is 2.30. The van der Waals surface area contributed by atoms with E-state index >= 15 is 0 Å². The highest BCUT2D eigenvalue weighted by molar-refractivity contribution is 6.12. The lowest BCUT2D eigenvalue weighted by Gasteiger charge is -2.13. The summed E-state index contributed by atoms with van der Waals surface area (Å²) >= 11 is 0. The number of amides is 1. The molecule has 0 aliphatic rings. The highest BCUT2D eigenvalue weighted by atomic mass is 19.1. The van der Waals surface area contributed by atoms with Crippen molar-refractivity contribution in [2.45, 2.75) is 12.2 Å². The topological polar surface area (TPSA) is 121 Å². The molecule has 4 N–H and O–H groups in total. The second-order valence-electron chi connectivity index (χ2n) is 6.53. The zero-order valence-corrected chi connectivity index (χ0v) is 16.8. The fourth-order valence-corrected chi connectivity index (χ4v) is 2.48. The molecule has 0 heterocycles.